The standard InChI is InChI=1S/C20H23BrN2O3/c1-20(19(24)22-18-9-4-3-8-17(18)21)10-11-23(20)13-15-6-5-7-16(12-15)26-14-25-2/h3-9,12H,10-11,13-14H2,1-2H3,(H,22,24). The first-order valence-corrected chi connectivity index (χ1v) is 9.34. The van der Waals surface area contributed by atoms with Crippen molar-refractivity contribution < 1.29 is 14.3 Å². The Hall–Kier alpha value is -1.89. The quantitative estimate of drug-likeness (QED) is 0.689. The van der Waals surface area contributed by atoms with E-state index in [4.69, 9.17) is 9.47 Å². The van der Waals surface area contributed by atoms with Crippen LogP contribution in [0.4, 0.5) is 5.69 Å². The molecule has 0 spiro atoms. The van der Waals surface area contributed by atoms with Crippen LogP contribution in [0.25, 0.3) is 0 Å². The van der Waals surface area contributed by atoms with Gasteiger partial charge < -0.3 is 14.8 Å². The van der Waals surface area contributed by atoms with Gasteiger partial charge >= 0.3 is 0 Å². The van der Waals surface area contributed by atoms with E-state index in [1.165, 1.54) is 0 Å². The van der Waals surface area contributed by atoms with Gasteiger partial charge in [-0.2, -0.15) is 0 Å². The number of carbonyl (C=O) groups excluding carboxylic acids is 1. The maximum absolute atomic E-state index is 12.9. The second-order valence-electron chi connectivity index (χ2n) is 6.58. The molecule has 5 nitrogen and oxygen atoms in total. The second kappa shape index (κ2) is 8.20. The summed E-state index contributed by atoms with van der Waals surface area (Å²) in [5.74, 6) is 0.784. The molecular weight excluding hydrogens is 396 g/mol. The Morgan fingerprint density at radius 1 is 1.27 bits per heavy atom. The molecular formula is C20H23BrN2O3. The van der Waals surface area contributed by atoms with E-state index in [9.17, 15) is 4.79 Å². The molecule has 26 heavy (non-hydrogen) atoms. The summed E-state index contributed by atoms with van der Waals surface area (Å²) in [5, 5.41) is 3.04. The number of anilines is 1. The lowest BCUT2D eigenvalue weighted by Crippen LogP contribution is -2.63. The number of benzene rings is 2. The Morgan fingerprint density at radius 3 is 2.77 bits per heavy atom. The third-order valence-corrected chi connectivity index (χ3v) is 5.48. The van der Waals surface area contributed by atoms with Crippen LogP contribution in [0.2, 0.25) is 0 Å². The largest absolute Gasteiger partial charge is 0.468 e. The van der Waals surface area contributed by atoms with Gasteiger partial charge in [0.1, 0.15) is 5.75 Å². The third kappa shape index (κ3) is 4.09. The highest BCUT2D eigenvalue weighted by Gasteiger charge is 2.46. The predicted molar refractivity (Wildman–Crippen MR) is 105 cm³/mol. The average Bonchev–Trinajstić information content (AvgIpc) is 2.65. The Balaban J connectivity index is 1.66. The molecule has 6 heteroatoms. The molecule has 1 heterocycles. The summed E-state index contributed by atoms with van der Waals surface area (Å²) in [6, 6.07) is 15.5. The number of halogens is 1. The normalized spacial score (nSPS) is 19.7. The van der Waals surface area contributed by atoms with E-state index >= 15 is 0 Å². The lowest BCUT2D eigenvalue weighted by Gasteiger charge is -2.49. The number of hydrogen-bond donors (Lipinski definition) is 1. The van der Waals surface area contributed by atoms with Gasteiger partial charge in [0.05, 0.1) is 11.2 Å². The van der Waals surface area contributed by atoms with Gasteiger partial charge in [0, 0.05) is 24.7 Å². The van der Waals surface area contributed by atoms with E-state index < -0.39 is 5.54 Å². The van der Waals surface area contributed by atoms with Gasteiger partial charge in [0.25, 0.3) is 0 Å². The number of methoxy groups -OCH3 is 1. The molecule has 0 bridgehead atoms. The van der Waals surface area contributed by atoms with Crippen LogP contribution < -0.4 is 10.1 Å². The topological polar surface area (TPSA) is 50.8 Å². The van der Waals surface area contributed by atoms with Gasteiger partial charge in [0.2, 0.25) is 5.91 Å². The molecule has 1 saturated heterocycles. The van der Waals surface area contributed by atoms with Crippen LogP contribution in [0, 0.1) is 0 Å². The van der Waals surface area contributed by atoms with Crippen molar-refractivity contribution in [2.45, 2.75) is 25.4 Å². The smallest absolute Gasteiger partial charge is 0.244 e. The van der Waals surface area contributed by atoms with Crippen molar-refractivity contribution in [2.75, 3.05) is 25.8 Å². The molecule has 1 fully saturated rings. The van der Waals surface area contributed by atoms with E-state index in [1.807, 2.05) is 55.5 Å². The van der Waals surface area contributed by atoms with Crippen molar-refractivity contribution in [3.05, 3.63) is 58.6 Å². The highest BCUT2D eigenvalue weighted by atomic mass is 79.9. The van der Waals surface area contributed by atoms with E-state index in [-0.39, 0.29) is 12.7 Å². The van der Waals surface area contributed by atoms with Crippen molar-refractivity contribution in [1.82, 2.24) is 4.90 Å². The number of amides is 1. The van der Waals surface area contributed by atoms with Crippen LogP contribution in [-0.4, -0.2) is 36.8 Å². The first-order chi connectivity index (χ1) is 12.5. The number of rotatable bonds is 7. The van der Waals surface area contributed by atoms with E-state index in [0.717, 1.165) is 34.4 Å². The summed E-state index contributed by atoms with van der Waals surface area (Å²) in [5.41, 5.74) is 1.39. The second-order valence-corrected chi connectivity index (χ2v) is 7.43. The fraction of sp³-hybridized carbons (Fsp3) is 0.350. The maximum atomic E-state index is 12.9. The highest BCUT2D eigenvalue weighted by molar-refractivity contribution is 9.10. The summed E-state index contributed by atoms with van der Waals surface area (Å²) in [7, 11) is 1.60. The number of carbonyl (C=O) groups is 1. The fourth-order valence-corrected chi connectivity index (χ4v) is 3.40. The Labute approximate surface area is 162 Å². The highest BCUT2D eigenvalue weighted by Crippen LogP contribution is 2.34. The maximum Gasteiger partial charge on any atom is 0.244 e. The van der Waals surface area contributed by atoms with Gasteiger partial charge in [-0.25, -0.2) is 0 Å². The van der Waals surface area contributed by atoms with Crippen molar-refractivity contribution in [2.24, 2.45) is 0 Å². The van der Waals surface area contributed by atoms with E-state index in [2.05, 4.69) is 26.1 Å². The van der Waals surface area contributed by atoms with E-state index in [1.54, 1.807) is 7.11 Å². The summed E-state index contributed by atoms with van der Waals surface area (Å²) >= 11 is 3.48. The number of para-hydroxylation sites is 1. The van der Waals surface area contributed by atoms with Gasteiger partial charge in [-0.05, 0) is 59.1 Å². The monoisotopic (exact) mass is 418 g/mol. The van der Waals surface area contributed by atoms with Gasteiger partial charge in [0.15, 0.2) is 6.79 Å². The molecule has 0 aromatic heterocycles. The predicted octanol–water partition coefficient (Wildman–Crippen LogP) is 4.03. The summed E-state index contributed by atoms with van der Waals surface area (Å²) in [4.78, 5) is 15.1. The lowest BCUT2D eigenvalue weighted by molar-refractivity contribution is -0.136. The van der Waals surface area contributed by atoms with Crippen LogP contribution >= 0.6 is 15.9 Å². The first kappa shape index (κ1) is 18.9. The lowest BCUT2D eigenvalue weighted by atomic mass is 9.85. The molecule has 3 rings (SSSR count). The molecule has 2 aromatic rings. The molecule has 1 N–H and O–H groups in total. The first-order valence-electron chi connectivity index (χ1n) is 8.54. The number of nitrogens with one attached hydrogen (secondary N) is 1. The molecule has 1 aliphatic rings. The number of hydrogen-bond acceptors (Lipinski definition) is 4. The van der Waals surface area contributed by atoms with Crippen LogP contribution in [0.15, 0.2) is 53.0 Å². The molecule has 2 aromatic carbocycles. The molecule has 0 saturated carbocycles. The van der Waals surface area contributed by atoms with Gasteiger partial charge in [-0.15, -0.1) is 0 Å². The molecule has 0 aliphatic carbocycles. The molecule has 1 aliphatic heterocycles. The Bertz CT molecular complexity index is 783. The zero-order valence-corrected chi connectivity index (χ0v) is 16.6. The van der Waals surface area contributed by atoms with Crippen molar-refractivity contribution in [3.63, 3.8) is 0 Å². The minimum absolute atomic E-state index is 0.0161. The summed E-state index contributed by atoms with van der Waals surface area (Å²) in [6.07, 6.45) is 0.836. The molecule has 138 valence electrons. The molecule has 1 amide bonds. The minimum Gasteiger partial charge on any atom is -0.468 e. The number of likely N-dealkylation sites (tertiary alicyclic amines) is 1. The Kier molecular flexibility index (Phi) is 5.96. The molecule has 1 unspecified atom stereocenters. The Morgan fingerprint density at radius 2 is 2.08 bits per heavy atom. The zero-order valence-electron chi connectivity index (χ0n) is 15.0. The third-order valence-electron chi connectivity index (χ3n) is 4.79. The van der Waals surface area contributed by atoms with Crippen LogP contribution in [0.5, 0.6) is 5.75 Å². The number of ether oxygens (including phenoxy) is 2. The molecule has 1 atom stereocenters. The SMILES string of the molecule is COCOc1cccc(CN2CCC2(C)C(=O)Nc2ccccc2Br)c1. The zero-order chi connectivity index (χ0) is 18.6. The van der Waals surface area contributed by atoms with E-state index in [0.29, 0.717) is 6.54 Å². The minimum atomic E-state index is -0.515. The average molecular weight is 419 g/mol. The van der Waals surface area contributed by atoms with Crippen LogP contribution in [0.3, 0.4) is 0 Å². The van der Waals surface area contributed by atoms with Gasteiger partial charge in [-0.1, -0.05) is 24.3 Å². The van der Waals surface area contributed by atoms with Crippen LogP contribution in [-0.2, 0) is 16.1 Å². The van der Waals surface area contributed by atoms with Gasteiger partial charge in [-0.3, -0.25) is 9.69 Å². The van der Waals surface area contributed by atoms with Crippen molar-refractivity contribution in [1.29, 1.82) is 0 Å². The fourth-order valence-electron chi connectivity index (χ4n) is 3.02. The summed E-state index contributed by atoms with van der Waals surface area (Å²) in [6.45, 7) is 3.81. The van der Waals surface area contributed by atoms with Crippen molar-refractivity contribution in [3.8, 4) is 5.75 Å². The molecule has 0 radical (unpaired) electrons. The van der Waals surface area contributed by atoms with Crippen molar-refractivity contribution >= 4 is 27.5 Å². The number of nitrogens with zero attached hydrogens (tertiary/aromatic N) is 1. The summed E-state index contributed by atoms with van der Waals surface area (Å²) < 4.78 is 11.3. The van der Waals surface area contributed by atoms with Crippen LogP contribution in [0.1, 0.15) is 18.9 Å².